The average molecular weight is 291 g/mol. The smallest absolute Gasteiger partial charge is 0.0741 e. The summed E-state index contributed by atoms with van der Waals surface area (Å²) in [6.45, 7) is 0. The fraction of sp³-hybridized carbons (Fsp3) is 0.455. The molecule has 2 nitrogen and oxygen atoms in total. The maximum Gasteiger partial charge on any atom is 0.0741 e. The monoisotopic (exact) mass is 289 g/mol. The SMILES string of the molecule is O[C@H]1CCC[C@@H]1Nc1ccc(Br)c(Cl)c1. The van der Waals surface area contributed by atoms with Crippen molar-refractivity contribution >= 4 is 33.2 Å². The van der Waals surface area contributed by atoms with E-state index in [1.54, 1.807) is 0 Å². The summed E-state index contributed by atoms with van der Waals surface area (Å²) in [7, 11) is 0. The Morgan fingerprint density at radius 2 is 2.20 bits per heavy atom. The lowest BCUT2D eigenvalue weighted by Crippen LogP contribution is -2.27. The molecule has 2 N–H and O–H groups in total. The number of benzene rings is 1. The van der Waals surface area contributed by atoms with Gasteiger partial charge in [0.2, 0.25) is 0 Å². The molecule has 1 aliphatic carbocycles. The van der Waals surface area contributed by atoms with Crippen LogP contribution in [0.2, 0.25) is 5.02 Å². The first kappa shape index (κ1) is 11.2. The van der Waals surface area contributed by atoms with Crippen LogP contribution in [0.4, 0.5) is 5.69 Å². The van der Waals surface area contributed by atoms with Crippen molar-refractivity contribution in [3.05, 3.63) is 27.7 Å². The van der Waals surface area contributed by atoms with E-state index in [0.717, 1.165) is 29.4 Å². The molecule has 1 aliphatic rings. The van der Waals surface area contributed by atoms with Crippen LogP contribution < -0.4 is 5.32 Å². The van der Waals surface area contributed by atoms with Crippen LogP contribution in [0.25, 0.3) is 0 Å². The van der Waals surface area contributed by atoms with Crippen molar-refractivity contribution in [2.45, 2.75) is 31.4 Å². The van der Waals surface area contributed by atoms with Crippen LogP contribution in [-0.2, 0) is 0 Å². The Morgan fingerprint density at radius 1 is 1.40 bits per heavy atom. The van der Waals surface area contributed by atoms with Crippen LogP contribution in [0.5, 0.6) is 0 Å². The molecule has 1 aromatic carbocycles. The molecule has 2 rings (SSSR count). The zero-order valence-electron chi connectivity index (χ0n) is 8.21. The van der Waals surface area contributed by atoms with Gasteiger partial charge in [-0.25, -0.2) is 0 Å². The van der Waals surface area contributed by atoms with Gasteiger partial charge in [0, 0.05) is 10.2 Å². The molecule has 0 aromatic heterocycles. The van der Waals surface area contributed by atoms with Gasteiger partial charge in [0.1, 0.15) is 0 Å². The van der Waals surface area contributed by atoms with E-state index in [9.17, 15) is 5.11 Å². The molecule has 0 amide bonds. The molecular weight excluding hydrogens is 277 g/mol. The van der Waals surface area contributed by atoms with Gasteiger partial charge in [-0.2, -0.15) is 0 Å². The highest BCUT2D eigenvalue weighted by Gasteiger charge is 2.24. The molecule has 0 bridgehead atoms. The summed E-state index contributed by atoms with van der Waals surface area (Å²) in [5.41, 5.74) is 0.967. The number of hydrogen-bond donors (Lipinski definition) is 2. The standard InChI is InChI=1S/C11H13BrClNO/c12-8-5-4-7(6-9(8)13)14-10-2-1-3-11(10)15/h4-6,10-11,14-15H,1-3H2/t10-,11-/m0/s1. The molecule has 2 atom stereocenters. The van der Waals surface area contributed by atoms with E-state index in [4.69, 9.17) is 11.6 Å². The summed E-state index contributed by atoms with van der Waals surface area (Å²) in [5.74, 6) is 0. The summed E-state index contributed by atoms with van der Waals surface area (Å²) < 4.78 is 0.890. The average Bonchev–Trinajstić information content (AvgIpc) is 2.59. The minimum Gasteiger partial charge on any atom is -0.391 e. The van der Waals surface area contributed by atoms with E-state index < -0.39 is 0 Å². The molecule has 15 heavy (non-hydrogen) atoms. The van der Waals surface area contributed by atoms with Gasteiger partial charge in [-0.05, 0) is 53.4 Å². The quantitative estimate of drug-likeness (QED) is 0.874. The molecule has 0 unspecified atom stereocenters. The van der Waals surface area contributed by atoms with Crippen LogP contribution in [0.3, 0.4) is 0 Å². The molecule has 0 heterocycles. The van der Waals surface area contributed by atoms with Crippen LogP contribution in [0.1, 0.15) is 19.3 Å². The first-order valence-corrected chi connectivity index (χ1v) is 6.23. The Morgan fingerprint density at radius 3 is 2.80 bits per heavy atom. The van der Waals surface area contributed by atoms with E-state index in [2.05, 4.69) is 21.2 Å². The fourth-order valence-corrected chi connectivity index (χ4v) is 2.34. The van der Waals surface area contributed by atoms with Crippen LogP contribution >= 0.6 is 27.5 Å². The minimum atomic E-state index is -0.229. The Bertz CT molecular complexity index is 358. The summed E-state index contributed by atoms with van der Waals surface area (Å²) in [5, 5.41) is 13.7. The predicted octanol–water partition coefficient (Wildman–Crippen LogP) is 3.43. The third-order valence-electron chi connectivity index (χ3n) is 2.75. The van der Waals surface area contributed by atoms with E-state index in [1.165, 1.54) is 0 Å². The largest absolute Gasteiger partial charge is 0.391 e. The van der Waals surface area contributed by atoms with Crippen molar-refractivity contribution in [1.82, 2.24) is 0 Å². The van der Waals surface area contributed by atoms with Gasteiger partial charge >= 0.3 is 0 Å². The second-order valence-electron chi connectivity index (χ2n) is 3.88. The zero-order valence-corrected chi connectivity index (χ0v) is 10.6. The maximum absolute atomic E-state index is 9.67. The summed E-state index contributed by atoms with van der Waals surface area (Å²) in [4.78, 5) is 0. The second kappa shape index (κ2) is 4.73. The lowest BCUT2D eigenvalue weighted by molar-refractivity contribution is 0.172. The summed E-state index contributed by atoms with van der Waals surface area (Å²) >= 11 is 9.33. The predicted molar refractivity (Wildman–Crippen MR) is 66.4 cm³/mol. The van der Waals surface area contributed by atoms with Crippen molar-refractivity contribution in [2.75, 3.05) is 5.32 Å². The topological polar surface area (TPSA) is 32.3 Å². The summed E-state index contributed by atoms with van der Waals surface area (Å²) in [6, 6.07) is 5.91. The molecule has 1 aromatic rings. The van der Waals surface area contributed by atoms with Gasteiger partial charge in [-0.15, -0.1) is 0 Å². The van der Waals surface area contributed by atoms with Gasteiger partial charge in [-0.3, -0.25) is 0 Å². The van der Waals surface area contributed by atoms with Crippen molar-refractivity contribution in [2.24, 2.45) is 0 Å². The maximum atomic E-state index is 9.67. The van der Waals surface area contributed by atoms with E-state index in [-0.39, 0.29) is 12.1 Å². The van der Waals surface area contributed by atoms with Crippen LogP contribution in [-0.4, -0.2) is 17.3 Å². The normalized spacial score (nSPS) is 25.5. The number of aliphatic hydroxyl groups is 1. The third-order valence-corrected chi connectivity index (χ3v) is 3.98. The van der Waals surface area contributed by atoms with Gasteiger partial charge in [0.15, 0.2) is 0 Å². The van der Waals surface area contributed by atoms with Crippen LogP contribution in [0, 0.1) is 0 Å². The first-order chi connectivity index (χ1) is 7.16. The molecular formula is C11H13BrClNO. The first-order valence-electron chi connectivity index (χ1n) is 5.06. The van der Waals surface area contributed by atoms with E-state index in [0.29, 0.717) is 5.02 Å². The highest BCUT2D eigenvalue weighted by Crippen LogP contribution is 2.28. The number of anilines is 1. The number of halogens is 2. The lowest BCUT2D eigenvalue weighted by Gasteiger charge is -2.18. The van der Waals surface area contributed by atoms with Crippen molar-refractivity contribution in [3.63, 3.8) is 0 Å². The zero-order chi connectivity index (χ0) is 10.8. The second-order valence-corrected chi connectivity index (χ2v) is 5.14. The molecule has 4 heteroatoms. The molecule has 0 aliphatic heterocycles. The molecule has 0 spiro atoms. The molecule has 1 fully saturated rings. The number of aliphatic hydroxyl groups excluding tert-OH is 1. The van der Waals surface area contributed by atoms with Crippen molar-refractivity contribution in [1.29, 1.82) is 0 Å². The van der Waals surface area contributed by atoms with Crippen LogP contribution in [0.15, 0.2) is 22.7 Å². The van der Waals surface area contributed by atoms with Crippen molar-refractivity contribution < 1.29 is 5.11 Å². The Hall–Kier alpha value is -0.250. The highest BCUT2D eigenvalue weighted by atomic mass is 79.9. The number of nitrogens with one attached hydrogen (secondary N) is 1. The molecule has 1 saturated carbocycles. The van der Waals surface area contributed by atoms with E-state index >= 15 is 0 Å². The highest BCUT2D eigenvalue weighted by molar-refractivity contribution is 9.10. The fourth-order valence-electron chi connectivity index (χ4n) is 1.91. The van der Waals surface area contributed by atoms with Gasteiger partial charge in [0.05, 0.1) is 17.2 Å². The summed E-state index contributed by atoms with van der Waals surface area (Å²) in [6.07, 6.45) is 2.77. The minimum absolute atomic E-state index is 0.169. The lowest BCUT2D eigenvalue weighted by atomic mass is 10.2. The van der Waals surface area contributed by atoms with E-state index in [1.807, 2.05) is 18.2 Å². The number of hydrogen-bond acceptors (Lipinski definition) is 2. The molecule has 82 valence electrons. The third kappa shape index (κ3) is 2.65. The Balaban J connectivity index is 2.07. The van der Waals surface area contributed by atoms with Gasteiger partial charge in [0.25, 0.3) is 0 Å². The number of rotatable bonds is 2. The molecule has 0 saturated heterocycles. The Kier molecular flexibility index (Phi) is 3.54. The molecule has 0 radical (unpaired) electrons. The van der Waals surface area contributed by atoms with Crippen molar-refractivity contribution in [3.8, 4) is 0 Å². The van der Waals surface area contributed by atoms with Gasteiger partial charge in [-0.1, -0.05) is 11.6 Å². The van der Waals surface area contributed by atoms with Gasteiger partial charge < -0.3 is 10.4 Å². The Labute approximate surface area is 103 Å².